The molecule has 0 unspecified atom stereocenters. The zero-order valence-electron chi connectivity index (χ0n) is 13.4. The molecular formula is C17H26N2O2. The highest BCUT2D eigenvalue weighted by Crippen LogP contribution is 2.28. The van der Waals surface area contributed by atoms with E-state index in [0.717, 1.165) is 18.4 Å². The predicted octanol–water partition coefficient (Wildman–Crippen LogP) is 2.22. The molecule has 1 saturated heterocycles. The molecule has 1 amide bonds. The average Bonchev–Trinajstić information content (AvgIpc) is 2.35. The van der Waals surface area contributed by atoms with Crippen LogP contribution < -0.4 is 10.6 Å². The standard InChI is InChI=1S/C17H26N2O2/c1-16(2)9-14(10-17(3,4)19-16)18-15(21)13-7-5-6-12(8-13)11-20/h5-8,14,19-20H,9-11H2,1-4H3,(H,18,21). The lowest BCUT2D eigenvalue weighted by Crippen LogP contribution is -2.62. The molecule has 116 valence electrons. The fourth-order valence-electron chi connectivity index (χ4n) is 3.50. The molecule has 0 atom stereocenters. The average molecular weight is 290 g/mol. The van der Waals surface area contributed by atoms with Crippen molar-refractivity contribution in [2.45, 2.75) is 64.3 Å². The van der Waals surface area contributed by atoms with Crippen LogP contribution >= 0.6 is 0 Å². The molecule has 1 aliphatic rings. The van der Waals surface area contributed by atoms with Gasteiger partial charge in [-0.1, -0.05) is 12.1 Å². The number of aliphatic hydroxyl groups excluding tert-OH is 1. The Morgan fingerprint density at radius 2 is 1.90 bits per heavy atom. The van der Waals surface area contributed by atoms with E-state index in [-0.39, 0.29) is 29.6 Å². The Morgan fingerprint density at radius 3 is 2.48 bits per heavy atom. The molecule has 4 nitrogen and oxygen atoms in total. The third-order valence-corrected chi connectivity index (χ3v) is 3.90. The lowest BCUT2D eigenvalue weighted by Gasteiger charge is -2.46. The highest BCUT2D eigenvalue weighted by atomic mass is 16.3. The molecule has 1 aliphatic heterocycles. The third-order valence-electron chi connectivity index (χ3n) is 3.90. The van der Waals surface area contributed by atoms with Gasteiger partial charge in [-0.05, 0) is 58.2 Å². The Bertz CT molecular complexity index is 507. The number of nitrogens with one attached hydrogen (secondary N) is 2. The summed E-state index contributed by atoms with van der Waals surface area (Å²) < 4.78 is 0. The number of carbonyl (C=O) groups excluding carboxylic acids is 1. The molecule has 21 heavy (non-hydrogen) atoms. The van der Waals surface area contributed by atoms with Crippen molar-refractivity contribution in [2.75, 3.05) is 0 Å². The molecule has 0 spiro atoms. The summed E-state index contributed by atoms with van der Waals surface area (Å²) in [5.41, 5.74) is 1.38. The van der Waals surface area contributed by atoms with E-state index in [2.05, 4.69) is 38.3 Å². The predicted molar refractivity (Wildman–Crippen MR) is 84.1 cm³/mol. The first kappa shape index (κ1) is 16.0. The van der Waals surface area contributed by atoms with Gasteiger partial charge in [-0.2, -0.15) is 0 Å². The summed E-state index contributed by atoms with van der Waals surface area (Å²) in [6, 6.07) is 7.30. The molecule has 2 rings (SSSR count). The molecule has 0 saturated carbocycles. The van der Waals surface area contributed by atoms with Crippen LogP contribution in [0.2, 0.25) is 0 Å². The van der Waals surface area contributed by atoms with Crippen LogP contribution in [0, 0.1) is 0 Å². The van der Waals surface area contributed by atoms with Gasteiger partial charge in [0.1, 0.15) is 0 Å². The molecule has 1 fully saturated rings. The molecule has 0 aromatic heterocycles. The number of carbonyl (C=O) groups is 1. The normalized spacial score (nSPS) is 21.0. The van der Waals surface area contributed by atoms with E-state index in [4.69, 9.17) is 5.11 Å². The molecule has 1 aromatic carbocycles. The monoisotopic (exact) mass is 290 g/mol. The van der Waals surface area contributed by atoms with Gasteiger partial charge in [-0.25, -0.2) is 0 Å². The zero-order valence-corrected chi connectivity index (χ0v) is 13.4. The van der Waals surface area contributed by atoms with Gasteiger partial charge in [-0.3, -0.25) is 4.79 Å². The van der Waals surface area contributed by atoms with Gasteiger partial charge in [0.2, 0.25) is 0 Å². The van der Waals surface area contributed by atoms with Gasteiger partial charge in [0.05, 0.1) is 6.61 Å². The van der Waals surface area contributed by atoms with E-state index in [1.165, 1.54) is 0 Å². The van der Waals surface area contributed by atoms with E-state index in [1.54, 1.807) is 18.2 Å². The first-order chi connectivity index (χ1) is 9.71. The van der Waals surface area contributed by atoms with Crippen molar-refractivity contribution in [2.24, 2.45) is 0 Å². The SMILES string of the molecule is CC1(C)CC(NC(=O)c2cccc(CO)c2)CC(C)(C)N1. The third kappa shape index (κ3) is 4.29. The van der Waals surface area contributed by atoms with Crippen LogP contribution in [-0.2, 0) is 6.61 Å². The van der Waals surface area contributed by atoms with Crippen LogP contribution in [0.1, 0.15) is 56.5 Å². The first-order valence-electron chi connectivity index (χ1n) is 7.51. The Morgan fingerprint density at radius 1 is 1.29 bits per heavy atom. The fraction of sp³-hybridized carbons (Fsp3) is 0.588. The minimum Gasteiger partial charge on any atom is -0.392 e. The first-order valence-corrected chi connectivity index (χ1v) is 7.51. The van der Waals surface area contributed by atoms with Crippen LogP contribution in [0.4, 0.5) is 0 Å². The Labute approximate surface area is 126 Å². The van der Waals surface area contributed by atoms with Crippen molar-refractivity contribution < 1.29 is 9.90 Å². The van der Waals surface area contributed by atoms with Gasteiger partial charge in [0.25, 0.3) is 5.91 Å². The second kappa shape index (κ2) is 5.78. The van der Waals surface area contributed by atoms with Crippen molar-refractivity contribution in [1.82, 2.24) is 10.6 Å². The van der Waals surface area contributed by atoms with E-state index in [9.17, 15) is 4.79 Å². The van der Waals surface area contributed by atoms with Crippen molar-refractivity contribution in [3.05, 3.63) is 35.4 Å². The number of rotatable bonds is 3. The molecule has 0 bridgehead atoms. The quantitative estimate of drug-likeness (QED) is 0.800. The van der Waals surface area contributed by atoms with Crippen molar-refractivity contribution >= 4 is 5.91 Å². The largest absolute Gasteiger partial charge is 0.392 e. The van der Waals surface area contributed by atoms with Gasteiger partial charge in [0.15, 0.2) is 0 Å². The van der Waals surface area contributed by atoms with E-state index in [1.807, 2.05) is 6.07 Å². The van der Waals surface area contributed by atoms with Crippen LogP contribution in [-0.4, -0.2) is 28.1 Å². The topological polar surface area (TPSA) is 61.4 Å². The maximum Gasteiger partial charge on any atom is 0.251 e. The van der Waals surface area contributed by atoms with E-state index in [0.29, 0.717) is 5.56 Å². The minimum atomic E-state index is -0.0659. The summed E-state index contributed by atoms with van der Waals surface area (Å²) in [6.45, 7) is 8.62. The number of piperidine rings is 1. The highest BCUT2D eigenvalue weighted by Gasteiger charge is 2.38. The van der Waals surface area contributed by atoms with E-state index >= 15 is 0 Å². The summed E-state index contributed by atoms with van der Waals surface area (Å²) in [5.74, 6) is -0.0659. The number of hydrogen-bond acceptors (Lipinski definition) is 3. The van der Waals surface area contributed by atoms with Gasteiger partial charge < -0.3 is 15.7 Å². The lowest BCUT2D eigenvalue weighted by atomic mass is 9.79. The van der Waals surface area contributed by atoms with Crippen molar-refractivity contribution in [3.8, 4) is 0 Å². The summed E-state index contributed by atoms with van der Waals surface area (Å²) in [7, 11) is 0. The summed E-state index contributed by atoms with van der Waals surface area (Å²) in [5, 5.41) is 15.9. The van der Waals surface area contributed by atoms with Crippen molar-refractivity contribution in [1.29, 1.82) is 0 Å². The summed E-state index contributed by atoms with van der Waals surface area (Å²) in [6.07, 6.45) is 1.81. The smallest absolute Gasteiger partial charge is 0.251 e. The molecule has 1 heterocycles. The zero-order chi connectivity index (χ0) is 15.7. The van der Waals surface area contributed by atoms with Gasteiger partial charge >= 0.3 is 0 Å². The number of amides is 1. The van der Waals surface area contributed by atoms with E-state index < -0.39 is 0 Å². The van der Waals surface area contributed by atoms with Crippen LogP contribution in [0.3, 0.4) is 0 Å². The minimum absolute atomic E-state index is 0.00659. The molecule has 4 heteroatoms. The number of aliphatic hydroxyl groups is 1. The van der Waals surface area contributed by atoms with Gasteiger partial charge in [0, 0.05) is 22.7 Å². The molecule has 0 aliphatic carbocycles. The number of hydrogen-bond donors (Lipinski definition) is 3. The second-order valence-corrected chi connectivity index (χ2v) is 7.33. The Hall–Kier alpha value is -1.39. The van der Waals surface area contributed by atoms with Crippen molar-refractivity contribution in [3.63, 3.8) is 0 Å². The molecule has 1 aromatic rings. The van der Waals surface area contributed by atoms with Crippen LogP contribution in [0.5, 0.6) is 0 Å². The Balaban J connectivity index is 2.08. The Kier molecular flexibility index (Phi) is 4.40. The van der Waals surface area contributed by atoms with Crippen LogP contribution in [0.15, 0.2) is 24.3 Å². The fourth-order valence-corrected chi connectivity index (χ4v) is 3.50. The summed E-state index contributed by atoms with van der Waals surface area (Å²) in [4.78, 5) is 12.4. The maximum atomic E-state index is 12.4. The molecule has 3 N–H and O–H groups in total. The summed E-state index contributed by atoms with van der Waals surface area (Å²) >= 11 is 0. The second-order valence-electron chi connectivity index (χ2n) is 7.33. The lowest BCUT2D eigenvalue weighted by molar-refractivity contribution is 0.0873. The molecule has 0 radical (unpaired) electrons. The maximum absolute atomic E-state index is 12.4. The van der Waals surface area contributed by atoms with Crippen LogP contribution in [0.25, 0.3) is 0 Å². The molecular weight excluding hydrogens is 264 g/mol. The number of benzene rings is 1. The highest BCUT2D eigenvalue weighted by molar-refractivity contribution is 5.94. The van der Waals surface area contributed by atoms with Gasteiger partial charge in [-0.15, -0.1) is 0 Å².